The van der Waals surface area contributed by atoms with Gasteiger partial charge in [-0.1, -0.05) is 24.3 Å². The molecule has 1 fully saturated rings. The van der Waals surface area contributed by atoms with Crippen molar-refractivity contribution in [1.29, 1.82) is 0 Å². The lowest BCUT2D eigenvalue weighted by Gasteiger charge is -2.33. The molecule has 2 aliphatic rings. The first-order valence-corrected chi connectivity index (χ1v) is 11.1. The molecule has 0 saturated carbocycles. The molecule has 1 amide bonds. The average Bonchev–Trinajstić information content (AvgIpc) is 3.49. The fourth-order valence-corrected chi connectivity index (χ4v) is 4.77. The van der Waals surface area contributed by atoms with Crippen molar-refractivity contribution in [3.63, 3.8) is 0 Å². The Kier molecular flexibility index (Phi) is 4.80. The fourth-order valence-electron chi connectivity index (χ4n) is 4.77. The molecule has 0 bridgehead atoms. The van der Waals surface area contributed by atoms with Gasteiger partial charge >= 0.3 is 0 Å². The van der Waals surface area contributed by atoms with Gasteiger partial charge in [0.1, 0.15) is 0 Å². The summed E-state index contributed by atoms with van der Waals surface area (Å²) in [7, 11) is 0. The predicted octanol–water partition coefficient (Wildman–Crippen LogP) is 3.22. The van der Waals surface area contributed by atoms with E-state index in [4.69, 9.17) is 6.57 Å². The molecule has 8 heteroatoms. The number of imidazole rings is 1. The van der Waals surface area contributed by atoms with Crippen LogP contribution in [0.1, 0.15) is 5.56 Å². The molecule has 1 atom stereocenters. The average molecular weight is 451 g/mol. The van der Waals surface area contributed by atoms with Crippen molar-refractivity contribution in [1.82, 2.24) is 19.4 Å². The minimum Gasteiger partial charge on any atom is -0.395 e. The van der Waals surface area contributed by atoms with Gasteiger partial charge in [-0.2, -0.15) is 0 Å². The molecule has 168 valence electrons. The van der Waals surface area contributed by atoms with E-state index >= 15 is 0 Å². The predicted molar refractivity (Wildman–Crippen MR) is 129 cm³/mol. The monoisotopic (exact) mass is 450 g/mol. The zero-order valence-electron chi connectivity index (χ0n) is 18.3. The molecule has 0 unspecified atom stereocenters. The van der Waals surface area contributed by atoms with Crippen molar-refractivity contribution in [2.45, 2.75) is 12.6 Å². The number of aliphatic hydroxyl groups is 1. The summed E-state index contributed by atoms with van der Waals surface area (Å²) < 4.78 is 4.27. The van der Waals surface area contributed by atoms with E-state index < -0.39 is 0 Å². The van der Waals surface area contributed by atoms with Gasteiger partial charge in [-0.05, 0) is 35.4 Å². The van der Waals surface area contributed by atoms with Gasteiger partial charge in [0, 0.05) is 49.0 Å². The van der Waals surface area contributed by atoms with Crippen LogP contribution in [0.5, 0.6) is 0 Å². The number of nitrogens with one attached hydrogen (secondary N) is 1. The Morgan fingerprint density at radius 2 is 2.00 bits per heavy atom. The maximum Gasteiger partial charge on any atom is 0.241 e. The number of fused-ring (bicyclic) bond motifs is 5. The van der Waals surface area contributed by atoms with Crippen molar-refractivity contribution in [3.8, 4) is 28.3 Å². The van der Waals surface area contributed by atoms with E-state index in [0.717, 1.165) is 39.6 Å². The highest BCUT2D eigenvalue weighted by molar-refractivity contribution is 5.96. The number of hydrogen-bond acceptors (Lipinski definition) is 4. The highest BCUT2D eigenvalue weighted by Crippen LogP contribution is 2.35. The number of benzene rings is 2. The Bertz CT molecular complexity index is 1440. The van der Waals surface area contributed by atoms with Crippen molar-refractivity contribution in [2.75, 3.05) is 24.6 Å². The van der Waals surface area contributed by atoms with Crippen LogP contribution in [0.25, 0.3) is 33.2 Å². The number of aliphatic hydroxyl groups excluding tert-OH is 1. The van der Waals surface area contributed by atoms with E-state index in [2.05, 4.69) is 42.6 Å². The number of amides is 1. The van der Waals surface area contributed by atoms with Crippen LogP contribution in [0.2, 0.25) is 0 Å². The Hall–Kier alpha value is -4.19. The second-order valence-electron chi connectivity index (χ2n) is 8.60. The van der Waals surface area contributed by atoms with Gasteiger partial charge < -0.3 is 19.9 Å². The van der Waals surface area contributed by atoms with Gasteiger partial charge in [0.15, 0.2) is 11.5 Å². The minimum absolute atomic E-state index is 0.00612. The van der Waals surface area contributed by atoms with Gasteiger partial charge in [-0.3, -0.25) is 9.36 Å². The smallest absolute Gasteiger partial charge is 0.241 e. The van der Waals surface area contributed by atoms with Crippen LogP contribution in [-0.4, -0.2) is 50.9 Å². The molecule has 0 spiro atoms. The van der Waals surface area contributed by atoms with Crippen LogP contribution >= 0.6 is 0 Å². The van der Waals surface area contributed by atoms with E-state index in [1.54, 1.807) is 11.1 Å². The first kappa shape index (κ1) is 20.4. The van der Waals surface area contributed by atoms with E-state index in [9.17, 15) is 9.90 Å². The summed E-state index contributed by atoms with van der Waals surface area (Å²) in [5.74, 6) is 0.850. The quantitative estimate of drug-likeness (QED) is 0.414. The maximum atomic E-state index is 12.6. The topological polar surface area (TPSA) is 79.7 Å². The third kappa shape index (κ3) is 3.30. The maximum absolute atomic E-state index is 12.6. The molecule has 8 nitrogen and oxygen atoms in total. The first-order valence-electron chi connectivity index (χ1n) is 11.1. The summed E-state index contributed by atoms with van der Waals surface area (Å²) in [6, 6.07) is 15.7. The number of carbonyl (C=O) groups is 1. The number of rotatable bonds is 3. The summed E-state index contributed by atoms with van der Waals surface area (Å²) >= 11 is 0. The number of hydrogen-bond donors (Lipinski definition) is 2. The molecule has 0 radical (unpaired) electrons. The van der Waals surface area contributed by atoms with Crippen molar-refractivity contribution in [3.05, 3.63) is 84.1 Å². The SMILES string of the molecule is [C-]#[N+]c1ccc(-c2cc3n(c2)Cc2cc(N4C[C@H](CO)NCC4=O)ccc2-n2ccnc2-3)cc1. The number of nitrogens with zero attached hydrogens (tertiary/aromatic N) is 5. The van der Waals surface area contributed by atoms with Crippen molar-refractivity contribution < 1.29 is 9.90 Å². The minimum atomic E-state index is -0.135. The Labute approximate surface area is 196 Å². The second kappa shape index (κ2) is 7.99. The lowest BCUT2D eigenvalue weighted by molar-refractivity contribution is -0.119. The van der Waals surface area contributed by atoms with Crippen LogP contribution in [0.4, 0.5) is 11.4 Å². The van der Waals surface area contributed by atoms with Crippen molar-refractivity contribution >= 4 is 17.3 Å². The lowest BCUT2D eigenvalue weighted by Crippen LogP contribution is -2.55. The van der Waals surface area contributed by atoms with Gasteiger partial charge in [-0.15, -0.1) is 0 Å². The van der Waals surface area contributed by atoms with Crippen LogP contribution in [0.3, 0.4) is 0 Å². The zero-order chi connectivity index (χ0) is 23.2. The Morgan fingerprint density at radius 1 is 1.15 bits per heavy atom. The van der Waals surface area contributed by atoms with Crippen LogP contribution in [0, 0.1) is 6.57 Å². The largest absolute Gasteiger partial charge is 0.395 e. The van der Waals surface area contributed by atoms with E-state index in [1.807, 2.05) is 42.6 Å². The van der Waals surface area contributed by atoms with Gasteiger partial charge in [-0.25, -0.2) is 9.83 Å². The molecule has 2 aromatic heterocycles. The first-order chi connectivity index (χ1) is 16.6. The normalized spacial score (nSPS) is 16.9. The summed E-state index contributed by atoms with van der Waals surface area (Å²) in [4.78, 5) is 22.5. The van der Waals surface area contributed by atoms with Gasteiger partial charge in [0.05, 0.1) is 31.1 Å². The number of anilines is 1. The molecule has 0 aliphatic carbocycles. The molecule has 2 aromatic carbocycles. The highest BCUT2D eigenvalue weighted by atomic mass is 16.3. The van der Waals surface area contributed by atoms with Crippen LogP contribution in [-0.2, 0) is 11.3 Å². The molecular weight excluding hydrogens is 428 g/mol. The summed E-state index contributed by atoms with van der Waals surface area (Å²) in [6.45, 7) is 8.44. The molecule has 4 heterocycles. The molecule has 2 N–H and O–H groups in total. The molecule has 34 heavy (non-hydrogen) atoms. The third-order valence-electron chi connectivity index (χ3n) is 6.54. The summed E-state index contributed by atoms with van der Waals surface area (Å²) in [5.41, 5.74) is 6.66. The second-order valence-corrected chi connectivity index (χ2v) is 8.60. The standard InChI is InChI=1S/C26H22N6O2/c1-27-20-4-2-17(3-5-20)18-11-24-26-28-8-9-31(26)23-7-6-22(10-19(23)14-30(24)13-18)32-15-21(16-33)29-12-25(32)34/h2-11,13,21,29,33H,12,14-16H2/t21-/m1/s1. The van der Waals surface area contributed by atoms with E-state index in [-0.39, 0.29) is 25.1 Å². The highest BCUT2D eigenvalue weighted by Gasteiger charge is 2.27. The molecule has 6 rings (SSSR count). The number of carbonyl (C=O) groups excluding carboxylic acids is 1. The Morgan fingerprint density at radius 3 is 2.79 bits per heavy atom. The van der Waals surface area contributed by atoms with Crippen LogP contribution < -0.4 is 10.2 Å². The van der Waals surface area contributed by atoms with E-state index in [0.29, 0.717) is 18.8 Å². The Balaban J connectivity index is 1.42. The molecular formula is C26H22N6O2. The fraction of sp³-hybridized carbons (Fsp3) is 0.192. The molecule has 4 aromatic rings. The summed E-state index contributed by atoms with van der Waals surface area (Å²) in [6.07, 6.45) is 5.87. The molecule has 1 saturated heterocycles. The lowest BCUT2D eigenvalue weighted by atomic mass is 10.1. The van der Waals surface area contributed by atoms with Gasteiger partial charge in [0.25, 0.3) is 0 Å². The van der Waals surface area contributed by atoms with Crippen LogP contribution in [0.15, 0.2) is 67.1 Å². The third-order valence-corrected chi connectivity index (χ3v) is 6.54. The molecule has 2 aliphatic heterocycles. The number of piperazine rings is 1. The van der Waals surface area contributed by atoms with E-state index in [1.165, 1.54) is 0 Å². The summed E-state index contributed by atoms with van der Waals surface area (Å²) in [5, 5.41) is 12.6. The van der Waals surface area contributed by atoms with Crippen molar-refractivity contribution in [2.24, 2.45) is 0 Å². The zero-order valence-corrected chi connectivity index (χ0v) is 18.3. The number of aromatic nitrogens is 3. The van der Waals surface area contributed by atoms with Gasteiger partial charge in [0.2, 0.25) is 5.91 Å².